The van der Waals surface area contributed by atoms with Gasteiger partial charge in [-0.2, -0.15) is 0 Å². The van der Waals surface area contributed by atoms with Crippen LogP contribution in [0.5, 0.6) is 0 Å². The SMILES string of the molecule is C/C=C1\CN2CCc3c([nH]c4ccccc34)[C@@]2(C)[C@@]1(O)CCOCOCCOC. The minimum Gasteiger partial charge on any atom is -0.383 e. The van der Waals surface area contributed by atoms with Gasteiger partial charge in [-0.1, -0.05) is 24.3 Å². The summed E-state index contributed by atoms with van der Waals surface area (Å²) in [6.45, 7) is 7.60. The molecule has 0 saturated carbocycles. The van der Waals surface area contributed by atoms with Gasteiger partial charge in [0, 0.05) is 43.2 Å². The van der Waals surface area contributed by atoms with Crippen LogP contribution in [-0.2, 0) is 26.2 Å². The monoisotopic (exact) mass is 400 g/mol. The van der Waals surface area contributed by atoms with Crippen LogP contribution in [-0.4, -0.2) is 67.4 Å². The second kappa shape index (κ2) is 8.20. The third-order valence-electron chi connectivity index (χ3n) is 6.82. The van der Waals surface area contributed by atoms with Gasteiger partial charge >= 0.3 is 0 Å². The first-order chi connectivity index (χ1) is 14.1. The van der Waals surface area contributed by atoms with Gasteiger partial charge < -0.3 is 24.3 Å². The van der Waals surface area contributed by atoms with Crippen molar-refractivity contribution in [1.29, 1.82) is 0 Å². The highest BCUT2D eigenvalue weighted by Crippen LogP contribution is 2.53. The second-order valence-corrected chi connectivity index (χ2v) is 8.12. The number of allylic oxidation sites excluding steroid dienone is 1. The Morgan fingerprint density at radius 1 is 1.21 bits per heavy atom. The number of hydrogen-bond acceptors (Lipinski definition) is 5. The maximum absolute atomic E-state index is 12.0. The van der Waals surface area contributed by atoms with Crippen molar-refractivity contribution in [1.82, 2.24) is 9.88 Å². The maximum atomic E-state index is 12.0. The van der Waals surface area contributed by atoms with Gasteiger partial charge in [-0.05, 0) is 37.5 Å². The van der Waals surface area contributed by atoms with E-state index in [0.717, 1.165) is 36.3 Å². The molecule has 2 atom stereocenters. The number of ether oxygens (including phenoxy) is 3. The van der Waals surface area contributed by atoms with Crippen molar-refractivity contribution in [3.05, 3.63) is 47.2 Å². The van der Waals surface area contributed by atoms with Crippen LogP contribution in [0.1, 0.15) is 31.5 Å². The average molecular weight is 401 g/mol. The number of nitrogens with zero attached hydrogens (tertiary/aromatic N) is 1. The molecule has 2 aromatic rings. The second-order valence-electron chi connectivity index (χ2n) is 8.12. The van der Waals surface area contributed by atoms with E-state index in [-0.39, 0.29) is 6.79 Å². The van der Waals surface area contributed by atoms with Crippen molar-refractivity contribution in [2.75, 3.05) is 46.8 Å². The molecule has 158 valence electrons. The molecule has 4 rings (SSSR count). The van der Waals surface area contributed by atoms with E-state index in [0.29, 0.717) is 26.2 Å². The Morgan fingerprint density at radius 3 is 2.79 bits per heavy atom. The van der Waals surface area contributed by atoms with Crippen LogP contribution in [0.3, 0.4) is 0 Å². The Labute approximate surface area is 172 Å². The highest BCUT2D eigenvalue weighted by atomic mass is 16.7. The molecule has 0 radical (unpaired) electrons. The van der Waals surface area contributed by atoms with E-state index in [4.69, 9.17) is 14.2 Å². The molecule has 1 aromatic carbocycles. The van der Waals surface area contributed by atoms with Gasteiger partial charge in [-0.25, -0.2) is 0 Å². The summed E-state index contributed by atoms with van der Waals surface area (Å²) in [6, 6.07) is 8.43. The van der Waals surface area contributed by atoms with E-state index in [2.05, 4.69) is 47.1 Å². The van der Waals surface area contributed by atoms with Crippen molar-refractivity contribution in [3.63, 3.8) is 0 Å². The molecular weight excluding hydrogens is 368 g/mol. The zero-order chi connectivity index (χ0) is 20.5. The molecule has 0 amide bonds. The van der Waals surface area contributed by atoms with Gasteiger partial charge in [0.25, 0.3) is 0 Å². The molecule has 2 N–H and O–H groups in total. The first kappa shape index (κ1) is 20.6. The zero-order valence-corrected chi connectivity index (χ0v) is 17.7. The highest BCUT2D eigenvalue weighted by Gasteiger charge is 2.61. The van der Waals surface area contributed by atoms with Crippen LogP contribution in [0.4, 0.5) is 0 Å². The van der Waals surface area contributed by atoms with Crippen molar-refractivity contribution < 1.29 is 19.3 Å². The summed E-state index contributed by atoms with van der Waals surface area (Å²) in [5, 5.41) is 13.3. The van der Waals surface area contributed by atoms with Gasteiger partial charge in [-0.15, -0.1) is 0 Å². The molecule has 2 aliphatic rings. The smallest absolute Gasteiger partial charge is 0.146 e. The van der Waals surface area contributed by atoms with E-state index < -0.39 is 11.1 Å². The van der Waals surface area contributed by atoms with E-state index in [1.54, 1.807) is 7.11 Å². The van der Waals surface area contributed by atoms with Crippen LogP contribution in [0.15, 0.2) is 35.9 Å². The first-order valence-corrected chi connectivity index (χ1v) is 10.4. The van der Waals surface area contributed by atoms with Crippen LogP contribution in [0.2, 0.25) is 0 Å². The summed E-state index contributed by atoms with van der Waals surface area (Å²) in [4.78, 5) is 6.06. The van der Waals surface area contributed by atoms with E-state index >= 15 is 0 Å². The number of rotatable bonds is 8. The molecule has 0 unspecified atom stereocenters. The summed E-state index contributed by atoms with van der Waals surface area (Å²) in [5.41, 5.74) is 3.17. The lowest BCUT2D eigenvalue weighted by Gasteiger charge is -2.47. The van der Waals surface area contributed by atoms with Crippen LogP contribution in [0.25, 0.3) is 10.9 Å². The molecule has 29 heavy (non-hydrogen) atoms. The summed E-state index contributed by atoms with van der Waals surface area (Å²) < 4.78 is 16.0. The topological polar surface area (TPSA) is 67.0 Å². The quantitative estimate of drug-likeness (QED) is 0.405. The van der Waals surface area contributed by atoms with Crippen molar-refractivity contribution in [3.8, 4) is 0 Å². The lowest BCUT2D eigenvalue weighted by molar-refractivity contribution is -0.0990. The number of nitrogens with one attached hydrogen (secondary N) is 1. The number of aromatic amines is 1. The predicted molar refractivity (Wildman–Crippen MR) is 113 cm³/mol. The summed E-state index contributed by atoms with van der Waals surface area (Å²) in [6.07, 6.45) is 3.58. The average Bonchev–Trinajstić information content (AvgIpc) is 3.21. The number of hydrogen-bond donors (Lipinski definition) is 2. The Morgan fingerprint density at radius 2 is 2.00 bits per heavy atom. The van der Waals surface area contributed by atoms with Crippen LogP contribution < -0.4 is 0 Å². The van der Waals surface area contributed by atoms with E-state index in [9.17, 15) is 5.11 Å². The summed E-state index contributed by atoms with van der Waals surface area (Å²) >= 11 is 0. The molecule has 1 fully saturated rings. The Bertz CT molecular complexity index is 892. The number of para-hydroxylation sites is 1. The number of methoxy groups -OCH3 is 1. The zero-order valence-electron chi connectivity index (χ0n) is 17.7. The number of aliphatic hydroxyl groups is 1. The van der Waals surface area contributed by atoms with Crippen molar-refractivity contribution in [2.24, 2.45) is 0 Å². The Kier molecular flexibility index (Phi) is 5.82. The van der Waals surface area contributed by atoms with Gasteiger partial charge in [0.1, 0.15) is 12.4 Å². The maximum Gasteiger partial charge on any atom is 0.146 e. The first-order valence-electron chi connectivity index (χ1n) is 10.4. The third-order valence-corrected chi connectivity index (χ3v) is 6.82. The normalized spacial score (nSPS) is 28.2. The van der Waals surface area contributed by atoms with Crippen molar-refractivity contribution in [2.45, 2.75) is 37.8 Å². The third kappa shape index (κ3) is 3.23. The molecule has 6 heteroatoms. The van der Waals surface area contributed by atoms with Gasteiger partial charge in [0.15, 0.2) is 0 Å². The Balaban J connectivity index is 1.60. The van der Waals surface area contributed by atoms with Gasteiger partial charge in [-0.3, -0.25) is 4.90 Å². The lowest BCUT2D eigenvalue weighted by atomic mass is 9.72. The minimum atomic E-state index is -0.996. The Hall–Kier alpha value is -1.70. The number of aromatic nitrogens is 1. The minimum absolute atomic E-state index is 0.211. The van der Waals surface area contributed by atoms with Crippen LogP contribution in [0, 0.1) is 0 Å². The fourth-order valence-corrected chi connectivity index (χ4v) is 5.13. The molecule has 1 saturated heterocycles. The standard InChI is InChI=1S/C23H32N2O4/c1-4-17-15-25-11-9-19-18-7-5-6-8-20(18)24-21(19)22(25,2)23(17,26)10-12-28-16-29-14-13-27-3/h4-8,24,26H,9-16H2,1-3H3/b17-4+/t22-,23+/m0/s1. The van der Waals surface area contributed by atoms with E-state index in [1.165, 1.54) is 10.9 Å². The molecule has 3 heterocycles. The van der Waals surface area contributed by atoms with Gasteiger partial charge in [0.05, 0.1) is 25.4 Å². The number of H-pyrrole nitrogens is 1. The summed E-state index contributed by atoms with van der Waals surface area (Å²) in [5.74, 6) is 0. The summed E-state index contributed by atoms with van der Waals surface area (Å²) in [7, 11) is 1.65. The number of benzene rings is 1. The molecule has 0 aliphatic carbocycles. The highest BCUT2D eigenvalue weighted by molar-refractivity contribution is 5.85. The molecule has 0 bridgehead atoms. The molecule has 1 aromatic heterocycles. The van der Waals surface area contributed by atoms with E-state index in [1.807, 2.05) is 6.92 Å². The van der Waals surface area contributed by atoms with Crippen LogP contribution >= 0.6 is 0 Å². The molecule has 0 spiro atoms. The lowest BCUT2D eigenvalue weighted by Crippen LogP contribution is -2.57. The fraction of sp³-hybridized carbons (Fsp3) is 0.565. The molecule has 6 nitrogen and oxygen atoms in total. The van der Waals surface area contributed by atoms with Gasteiger partial charge in [0.2, 0.25) is 0 Å². The molecular formula is C23H32N2O4. The fourth-order valence-electron chi connectivity index (χ4n) is 5.13. The molecule has 2 aliphatic heterocycles. The van der Waals surface area contributed by atoms with Crippen molar-refractivity contribution >= 4 is 10.9 Å². The predicted octanol–water partition coefficient (Wildman–Crippen LogP) is 2.96. The number of fused-ring (bicyclic) bond motifs is 5. The largest absolute Gasteiger partial charge is 0.383 e.